The summed E-state index contributed by atoms with van der Waals surface area (Å²) in [5.74, 6) is 0.00000531. The summed E-state index contributed by atoms with van der Waals surface area (Å²) in [6.07, 6.45) is 0.289. The van der Waals surface area contributed by atoms with E-state index < -0.39 is 0 Å². The second-order valence-corrected chi connectivity index (χ2v) is 4.11. The van der Waals surface area contributed by atoms with Crippen molar-refractivity contribution in [3.8, 4) is 5.75 Å². The van der Waals surface area contributed by atoms with Crippen LogP contribution < -0.4 is 5.73 Å². The van der Waals surface area contributed by atoms with Gasteiger partial charge in [-0.15, -0.1) is 0 Å². The molecule has 0 aliphatic rings. The van der Waals surface area contributed by atoms with Crippen molar-refractivity contribution in [2.24, 2.45) is 10.9 Å². The summed E-state index contributed by atoms with van der Waals surface area (Å²) in [5.41, 5.74) is 5.87. The van der Waals surface area contributed by atoms with Crippen LogP contribution >= 0.6 is 0 Å². The van der Waals surface area contributed by atoms with Crippen LogP contribution in [-0.4, -0.2) is 40.0 Å². The van der Waals surface area contributed by atoms with Crippen LogP contribution in [0.25, 0.3) is 0 Å². The van der Waals surface area contributed by atoms with Crippen molar-refractivity contribution < 1.29 is 15.1 Å². The van der Waals surface area contributed by atoms with Gasteiger partial charge in [-0.05, 0) is 31.2 Å². The third kappa shape index (κ3) is 3.38. The molecule has 1 amide bonds. The average Bonchev–Trinajstić information content (AvgIpc) is 2.37. The fourth-order valence-corrected chi connectivity index (χ4v) is 1.49. The maximum absolute atomic E-state index is 12.1. The molecule has 0 aliphatic carbocycles. The van der Waals surface area contributed by atoms with E-state index >= 15 is 0 Å². The predicted octanol–water partition coefficient (Wildman–Crippen LogP) is 0.989. The van der Waals surface area contributed by atoms with Gasteiger partial charge in [0.25, 0.3) is 5.91 Å². The van der Waals surface area contributed by atoms with Gasteiger partial charge in [-0.25, -0.2) is 0 Å². The Morgan fingerprint density at radius 2 is 2.00 bits per heavy atom. The number of carbonyl (C=O) groups excluding carboxylic acids is 1. The third-order valence-electron chi connectivity index (χ3n) is 2.73. The lowest BCUT2D eigenvalue weighted by molar-refractivity contribution is 0.0747. The molecule has 6 nitrogen and oxygen atoms in total. The second-order valence-electron chi connectivity index (χ2n) is 4.11. The van der Waals surface area contributed by atoms with E-state index in [1.54, 1.807) is 26.1 Å². The number of nitrogens with two attached hydrogens (primary N) is 1. The van der Waals surface area contributed by atoms with E-state index in [1.165, 1.54) is 17.0 Å². The highest BCUT2D eigenvalue weighted by molar-refractivity contribution is 5.94. The molecule has 0 saturated carbocycles. The quantitative estimate of drug-likeness (QED) is 0.321. The summed E-state index contributed by atoms with van der Waals surface area (Å²) in [6, 6.07) is 5.81. The Morgan fingerprint density at radius 1 is 1.44 bits per heavy atom. The summed E-state index contributed by atoms with van der Waals surface area (Å²) < 4.78 is 0. The van der Waals surface area contributed by atoms with E-state index in [-0.39, 0.29) is 30.0 Å². The maximum Gasteiger partial charge on any atom is 0.253 e. The number of nitrogens with zero attached hydrogens (tertiary/aromatic N) is 2. The number of phenolic OH excluding ortho intramolecular Hbond substituents is 1. The van der Waals surface area contributed by atoms with Gasteiger partial charge in [-0.3, -0.25) is 4.79 Å². The first-order chi connectivity index (χ1) is 8.45. The Morgan fingerprint density at radius 3 is 2.50 bits per heavy atom. The van der Waals surface area contributed by atoms with E-state index in [0.29, 0.717) is 5.56 Å². The molecule has 4 N–H and O–H groups in total. The number of hydrogen-bond acceptors (Lipinski definition) is 4. The van der Waals surface area contributed by atoms with Crippen LogP contribution in [0.3, 0.4) is 0 Å². The predicted molar refractivity (Wildman–Crippen MR) is 67.7 cm³/mol. The van der Waals surface area contributed by atoms with Crippen LogP contribution in [0, 0.1) is 0 Å². The molecule has 0 radical (unpaired) electrons. The number of amidine groups is 1. The van der Waals surface area contributed by atoms with Crippen molar-refractivity contribution in [2.75, 3.05) is 7.05 Å². The van der Waals surface area contributed by atoms with Gasteiger partial charge in [-0.2, -0.15) is 0 Å². The van der Waals surface area contributed by atoms with Crippen molar-refractivity contribution in [1.82, 2.24) is 4.90 Å². The monoisotopic (exact) mass is 251 g/mol. The smallest absolute Gasteiger partial charge is 0.253 e. The Kier molecular flexibility index (Phi) is 4.53. The van der Waals surface area contributed by atoms with Gasteiger partial charge in [-0.1, -0.05) is 5.16 Å². The second kappa shape index (κ2) is 5.90. The fourth-order valence-electron chi connectivity index (χ4n) is 1.49. The molecule has 0 aliphatic heterocycles. The van der Waals surface area contributed by atoms with E-state index in [2.05, 4.69) is 5.16 Å². The molecular formula is C12H17N3O3. The number of amides is 1. The lowest BCUT2D eigenvalue weighted by Gasteiger charge is -2.24. The standard InChI is InChI=1S/C12H17N3O3/c1-8(7-11(13)14-18)15(2)12(17)9-3-5-10(16)6-4-9/h3-6,8,16,18H,7H2,1-2H3,(H2,13,14). The lowest BCUT2D eigenvalue weighted by atomic mass is 10.1. The molecule has 1 aromatic rings. The van der Waals surface area contributed by atoms with Crippen molar-refractivity contribution in [3.05, 3.63) is 29.8 Å². The van der Waals surface area contributed by atoms with Crippen LogP contribution in [0.1, 0.15) is 23.7 Å². The molecule has 0 heterocycles. The largest absolute Gasteiger partial charge is 0.508 e. The highest BCUT2D eigenvalue weighted by Crippen LogP contribution is 2.13. The Hall–Kier alpha value is -2.24. The minimum atomic E-state index is -0.192. The zero-order chi connectivity index (χ0) is 13.7. The minimum Gasteiger partial charge on any atom is -0.508 e. The van der Waals surface area contributed by atoms with Gasteiger partial charge in [0, 0.05) is 25.1 Å². The molecule has 0 bridgehead atoms. The summed E-state index contributed by atoms with van der Waals surface area (Å²) >= 11 is 0. The Bertz CT molecular complexity index is 442. The molecular weight excluding hydrogens is 234 g/mol. The Labute approximate surface area is 105 Å². The molecule has 0 aromatic heterocycles. The third-order valence-corrected chi connectivity index (χ3v) is 2.73. The molecule has 1 unspecified atom stereocenters. The number of phenols is 1. The van der Waals surface area contributed by atoms with E-state index in [0.717, 1.165) is 0 Å². The molecule has 1 rings (SSSR count). The first-order valence-electron chi connectivity index (χ1n) is 5.48. The first kappa shape index (κ1) is 13.8. The van der Waals surface area contributed by atoms with E-state index in [1.807, 2.05) is 0 Å². The van der Waals surface area contributed by atoms with Crippen LogP contribution in [0.5, 0.6) is 5.75 Å². The molecule has 0 spiro atoms. The van der Waals surface area contributed by atoms with Gasteiger partial charge in [0.15, 0.2) is 0 Å². The topological polar surface area (TPSA) is 99.2 Å². The van der Waals surface area contributed by atoms with Crippen LogP contribution in [0.15, 0.2) is 29.4 Å². The van der Waals surface area contributed by atoms with Crippen molar-refractivity contribution in [3.63, 3.8) is 0 Å². The number of aromatic hydroxyl groups is 1. The number of carbonyl (C=O) groups is 1. The minimum absolute atomic E-state index is 0.0767. The highest BCUT2D eigenvalue weighted by Gasteiger charge is 2.18. The van der Waals surface area contributed by atoms with Gasteiger partial charge in [0.1, 0.15) is 11.6 Å². The van der Waals surface area contributed by atoms with E-state index in [4.69, 9.17) is 16.0 Å². The summed E-state index contributed by atoms with van der Waals surface area (Å²) in [7, 11) is 1.64. The highest BCUT2D eigenvalue weighted by atomic mass is 16.4. The Balaban J connectivity index is 2.74. The molecule has 6 heteroatoms. The van der Waals surface area contributed by atoms with Gasteiger partial charge >= 0.3 is 0 Å². The molecule has 18 heavy (non-hydrogen) atoms. The normalized spacial score (nSPS) is 13.1. The first-order valence-corrected chi connectivity index (χ1v) is 5.48. The number of oxime groups is 1. The van der Waals surface area contributed by atoms with Gasteiger partial charge in [0.2, 0.25) is 0 Å². The zero-order valence-electron chi connectivity index (χ0n) is 10.4. The van der Waals surface area contributed by atoms with Gasteiger partial charge in [0.05, 0.1) is 0 Å². The molecule has 98 valence electrons. The average molecular weight is 251 g/mol. The summed E-state index contributed by atoms with van der Waals surface area (Å²) in [5, 5.41) is 20.5. The van der Waals surface area contributed by atoms with Crippen molar-refractivity contribution in [2.45, 2.75) is 19.4 Å². The molecule has 1 atom stereocenters. The fraction of sp³-hybridized carbons (Fsp3) is 0.333. The van der Waals surface area contributed by atoms with Crippen molar-refractivity contribution >= 4 is 11.7 Å². The maximum atomic E-state index is 12.1. The number of hydrogen-bond donors (Lipinski definition) is 3. The lowest BCUT2D eigenvalue weighted by Crippen LogP contribution is -2.37. The van der Waals surface area contributed by atoms with Crippen LogP contribution in [-0.2, 0) is 0 Å². The zero-order valence-corrected chi connectivity index (χ0v) is 10.4. The molecule has 1 aromatic carbocycles. The van der Waals surface area contributed by atoms with Crippen LogP contribution in [0.4, 0.5) is 0 Å². The van der Waals surface area contributed by atoms with Crippen molar-refractivity contribution in [1.29, 1.82) is 0 Å². The number of rotatable bonds is 4. The summed E-state index contributed by atoms with van der Waals surface area (Å²) in [4.78, 5) is 13.6. The summed E-state index contributed by atoms with van der Waals surface area (Å²) in [6.45, 7) is 1.80. The number of benzene rings is 1. The molecule has 0 saturated heterocycles. The van der Waals surface area contributed by atoms with Crippen LogP contribution in [0.2, 0.25) is 0 Å². The SMILES string of the molecule is CC(C/C(N)=N/O)N(C)C(=O)c1ccc(O)cc1. The van der Waals surface area contributed by atoms with Gasteiger partial charge < -0.3 is 20.9 Å². The molecule has 0 fully saturated rings. The van der Waals surface area contributed by atoms with E-state index in [9.17, 15) is 4.79 Å².